The third-order valence-corrected chi connectivity index (χ3v) is 6.30. The molecule has 1 N–H and O–H groups in total. The first-order valence-corrected chi connectivity index (χ1v) is 12.0. The zero-order chi connectivity index (χ0) is 23.6. The second-order valence-electron chi connectivity index (χ2n) is 7.81. The van der Waals surface area contributed by atoms with Crippen molar-refractivity contribution in [2.45, 2.75) is 37.8 Å². The molecule has 0 heterocycles. The molecule has 3 aromatic carbocycles. The second-order valence-corrected chi connectivity index (χ2v) is 8.86. The van der Waals surface area contributed by atoms with Crippen LogP contribution in [0.5, 0.6) is 0 Å². The standard InChI is InChI=1S/C27H29FN2O2S/c1-3-29-27(32)25(17-21-9-5-4-6-10-21)30(18-22-11-7-8-12-24(22)28)26(31)19-33-23-15-13-20(2)14-16-23/h4-16,25H,3,17-19H2,1-2H3,(H,29,32). The van der Waals surface area contributed by atoms with Gasteiger partial charge >= 0.3 is 0 Å². The fourth-order valence-electron chi connectivity index (χ4n) is 3.52. The van der Waals surface area contributed by atoms with E-state index in [2.05, 4.69) is 5.32 Å². The van der Waals surface area contributed by atoms with Gasteiger partial charge in [-0.05, 0) is 37.6 Å². The SMILES string of the molecule is CCNC(=O)C(Cc1ccccc1)N(Cc1ccccc1F)C(=O)CSc1ccc(C)cc1. The van der Waals surface area contributed by atoms with Crippen molar-refractivity contribution >= 4 is 23.6 Å². The van der Waals surface area contributed by atoms with Crippen LogP contribution in [-0.2, 0) is 22.6 Å². The second kappa shape index (κ2) is 12.2. The summed E-state index contributed by atoms with van der Waals surface area (Å²) in [5.74, 6) is -0.694. The van der Waals surface area contributed by atoms with E-state index in [1.165, 1.54) is 22.7 Å². The monoisotopic (exact) mass is 464 g/mol. The van der Waals surface area contributed by atoms with Crippen LogP contribution in [0.1, 0.15) is 23.6 Å². The van der Waals surface area contributed by atoms with Crippen molar-refractivity contribution in [1.82, 2.24) is 10.2 Å². The summed E-state index contributed by atoms with van der Waals surface area (Å²) in [5, 5.41) is 2.85. The first-order valence-electron chi connectivity index (χ1n) is 11.0. The van der Waals surface area contributed by atoms with Crippen LogP contribution in [-0.4, -0.2) is 35.1 Å². The van der Waals surface area contributed by atoms with Crippen molar-refractivity contribution < 1.29 is 14.0 Å². The molecule has 3 rings (SSSR count). The summed E-state index contributed by atoms with van der Waals surface area (Å²) in [6.07, 6.45) is 0.349. The van der Waals surface area contributed by atoms with Gasteiger partial charge in [-0.15, -0.1) is 11.8 Å². The lowest BCUT2D eigenvalue weighted by atomic mass is 10.0. The highest BCUT2D eigenvalue weighted by atomic mass is 32.2. The summed E-state index contributed by atoms with van der Waals surface area (Å²) >= 11 is 1.41. The Bertz CT molecular complexity index is 1060. The fraction of sp³-hybridized carbons (Fsp3) is 0.259. The summed E-state index contributed by atoms with van der Waals surface area (Å²) in [5.41, 5.74) is 2.46. The Morgan fingerprint density at radius 2 is 1.64 bits per heavy atom. The lowest BCUT2D eigenvalue weighted by Crippen LogP contribution is -2.51. The molecule has 4 nitrogen and oxygen atoms in total. The molecule has 0 saturated carbocycles. The molecule has 1 unspecified atom stereocenters. The Morgan fingerprint density at radius 1 is 0.970 bits per heavy atom. The molecule has 0 saturated heterocycles. The summed E-state index contributed by atoms with van der Waals surface area (Å²) < 4.78 is 14.5. The van der Waals surface area contributed by atoms with Crippen molar-refractivity contribution in [3.05, 3.63) is 101 Å². The maximum Gasteiger partial charge on any atom is 0.243 e. The van der Waals surface area contributed by atoms with Gasteiger partial charge in [0.1, 0.15) is 11.9 Å². The normalized spacial score (nSPS) is 11.6. The number of nitrogens with one attached hydrogen (secondary N) is 1. The van der Waals surface area contributed by atoms with Gasteiger partial charge in [-0.3, -0.25) is 9.59 Å². The van der Waals surface area contributed by atoms with E-state index in [1.54, 1.807) is 18.2 Å². The molecule has 2 amide bonds. The molecule has 0 bridgehead atoms. The quantitative estimate of drug-likeness (QED) is 0.430. The van der Waals surface area contributed by atoms with E-state index in [1.807, 2.05) is 68.4 Å². The highest BCUT2D eigenvalue weighted by molar-refractivity contribution is 8.00. The minimum Gasteiger partial charge on any atom is -0.355 e. The first kappa shape index (κ1) is 24.5. The predicted molar refractivity (Wildman–Crippen MR) is 131 cm³/mol. The van der Waals surface area contributed by atoms with Gasteiger partial charge in [-0.1, -0.05) is 66.2 Å². The number of carbonyl (C=O) groups is 2. The van der Waals surface area contributed by atoms with E-state index in [0.717, 1.165) is 16.0 Å². The number of hydrogen-bond acceptors (Lipinski definition) is 3. The van der Waals surface area contributed by atoms with E-state index in [-0.39, 0.29) is 24.1 Å². The van der Waals surface area contributed by atoms with Gasteiger partial charge < -0.3 is 10.2 Å². The number of halogens is 1. The average Bonchev–Trinajstić information content (AvgIpc) is 2.82. The Balaban J connectivity index is 1.89. The van der Waals surface area contributed by atoms with Gasteiger partial charge in [0.15, 0.2) is 0 Å². The Kier molecular flexibility index (Phi) is 9.07. The molecule has 0 aliphatic heterocycles. The van der Waals surface area contributed by atoms with Crippen molar-refractivity contribution in [1.29, 1.82) is 0 Å². The summed E-state index contributed by atoms with van der Waals surface area (Å²) in [4.78, 5) is 29.0. The molecule has 0 aromatic heterocycles. The maximum atomic E-state index is 14.5. The van der Waals surface area contributed by atoms with Crippen LogP contribution in [0.3, 0.4) is 0 Å². The number of nitrogens with zero attached hydrogens (tertiary/aromatic N) is 1. The Hall–Kier alpha value is -3.12. The number of likely N-dealkylation sites (N-methyl/N-ethyl adjacent to an activating group) is 1. The molecule has 6 heteroatoms. The van der Waals surface area contributed by atoms with Crippen LogP contribution in [0, 0.1) is 12.7 Å². The van der Waals surface area contributed by atoms with Crippen molar-refractivity contribution in [3.63, 3.8) is 0 Å². The topological polar surface area (TPSA) is 49.4 Å². The molecule has 0 radical (unpaired) electrons. The number of rotatable bonds is 10. The smallest absolute Gasteiger partial charge is 0.243 e. The van der Waals surface area contributed by atoms with E-state index in [9.17, 15) is 14.0 Å². The third-order valence-electron chi connectivity index (χ3n) is 5.30. The summed E-state index contributed by atoms with van der Waals surface area (Å²) in [6, 6.07) is 23.1. The number of thioether (sulfide) groups is 1. The van der Waals surface area contributed by atoms with E-state index in [0.29, 0.717) is 18.5 Å². The predicted octanol–water partition coefficient (Wildman–Crippen LogP) is 5.00. The molecule has 3 aromatic rings. The van der Waals surface area contributed by atoms with Crippen LogP contribution in [0.15, 0.2) is 83.8 Å². The lowest BCUT2D eigenvalue weighted by Gasteiger charge is -2.31. The summed E-state index contributed by atoms with van der Waals surface area (Å²) in [6.45, 7) is 4.32. The number of aryl methyl sites for hydroxylation is 1. The Morgan fingerprint density at radius 3 is 2.30 bits per heavy atom. The molecule has 172 valence electrons. The van der Waals surface area contributed by atoms with Gasteiger partial charge in [0.2, 0.25) is 11.8 Å². The van der Waals surface area contributed by atoms with Crippen LogP contribution in [0.2, 0.25) is 0 Å². The third kappa shape index (κ3) is 7.19. The molecule has 1 atom stereocenters. The zero-order valence-electron chi connectivity index (χ0n) is 19.0. The minimum atomic E-state index is -0.752. The van der Waals surface area contributed by atoms with Crippen LogP contribution in [0.25, 0.3) is 0 Å². The molecule has 0 spiro atoms. The van der Waals surface area contributed by atoms with Gasteiger partial charge in [-0.2, -0.15) is 0 Å². The number of benzene rings is 3. The number of hydrogen-bond donors (Lipinski definition) is 1. The Labute approximate surface area is 199 Å². The van der Waals surface area contributed by atoms with E-state index < -0.39 is 11.9 Å². The largest absolute Gasteiger partial charge is 0.355 e. The van der Waals surface area contributed by atoms with Crippen LogP contribution >= 0.6 is 11.8 Å². The van der Waals surface area contributed by atoms with Crippen LogP contribution in [0.4, 0.5) is 4.39 Å². The van der Waals surface area contributed by atoms with Crippen molar-refractivity contribution in [3.8, 4) is 0 Å². The lowest BCUT2D eigenvalue weighted by molar-refractivity contribution is -0.139. The molecule has 0 aliphatic carbocycles. The van der Waals surface area contributed by atoms with Gasteiger partial charge in [0, 0.05) is 30.0 Å². The molecule has 0 fully saturated rings. The van der Waals surface area contributed by atoms with Crippen molar-refractivity contribution in [2.24, 2.45) is 0 Å². The molecular weight excluding hydrogens is 435 g/mol. The van der Waals surface area contributed by atoms with Crippen molar-refractivity contribution in [2.75, 3.05) is 12.3 Å². The van der Waals surface area contributed by atoms with Gasteiger partial charge in [-0.25, -0.2) is 4.39 Å². The fourth-order valence-corrected chi connectivity index (χ4v) is 4.30. The highest BCUT2D eigenvalue weighted by Gasteiger charge is 2.30. The zero-order valence-corrected chi connectivity index (χ0v) is 19.8. The molecular formula is C27H29FN2O2S. The average molecular weight is 465 g/mol. The van der Waals surface area contributed by atoms with Gasteiger partial charge in [0.25, 0.3) is 0 Å². The number of carbonyl (C=O) groups excluding carboxylic acids is 2. The maximum absolute atomic E-state index is 14.5. The highest BCUT2D eigenvalue weighted by Crippen LogP contribution is 2.22. The van der Waals surface area contributed by atoms with Gasteiger partial charge in [0.05, 0.1) is 5.75 Å². The van der Waals surface area contributed by atoms with Crippen LogP contribution < -0.4 is 5.32 Å². The molecule has 33 heavy (non-hydrogen) atoms. The van der Waals surface area contributed by atoms with E-state index in [4.69, 9.17) is 0 Å². The molecule has 0 aliphatic rings. The minimum absolute atomic E-state index is 0.0224. The van der Waals surface area contributed by atoms with E-state index >= 15 is 0 Å². The first-order chi connectivity index (χ1) is 16.0. The number of amides is 2. The summed E-state index contributed by atoms with van der Waals surface area (Å²) in [7, 11) is 0.